The Hall–Kier alpha value is -4.03. The van der Waals surface area contributed by atoms with Gasteiger partial charge in [-0.15, -0.1) is 0 Å². The Bertz CT molecular complexity index is 1520. The number of halogens is 1. The Morgan fingerprint density at radius 3 is 2.62 bits per heavy atom. The van der Waals surface area contributed by atoms with Gasteiger partial charge in [-0.2, -0.15) is 5.10 Å². The summed E-state index contributed by atoms with van der Waals surface area (Å²) in [6, 6.07) is 23.9. The molecule has 7 heteroatoms. The molecule has 0 spiro atoms. The smallest absolute Gasteiger partial charge is 0.244 e. The molecule has 5 aromatic rings. The predicted octanol–water partition coefficient (Wildman–Crippen LogP) is 6.65. The van der Waals surface area contributed by atoms with Crippen LogP contribution in [-0.4, -0.2) is 27.8 Å². The quantitative estimate of drug-likeness (QED) is 0.172. The highest BCUT2D eigenvalue weighted by Crippen LogP contribution is 2.28. The molecule has 0 saturated carbocycles. The molecule has 0 aliphatic carbocycles. The van der Waals surface area contributed by atoms with Gasteiger partial charge in [0.25, 0.3) is 0 Å². The van der Waals surface area contributed by atoms with E-state index in [1.807, 2.05) is 73.7 Å². The van der Waals surface area contributed by atoms with Crippen LogP contribution < -0.4 is 10.2 Å². The molecule has 3 aromatic carbocycles. The lowest BCUT2D eigenvalue weighted by Gasteiger charge is -2.09. The summed E-state index contributed by atoms with van der Waals surface area (Å²) in [5, 5.41) is 6.63. The molecular formula is C27H22ClN5O. The van der Waals surface area contributed by atoms with Gasteiger partial charge in [0.15, 0.2) is 0 Å². The first-order valence-corrected chi connectivity index (χ1v) is 11.3. The standard InChI is InChI=1S/C27H22ClN5O/c1-3-34-21-11-10-19-14-20(26(28)30-24(19)15-21)16-29-33-27-31-23-12-9-17(2)13-22(23)25(32-27)18-7-5-4-6-8-18/h4-16H,3H2,1-2H3,(H,31,32,33). The van der Waals surface area contributed by atoms with Crippen LogP contribution >= 0.6 is 11.6 Å². The van der Waals surface area contributed by atoms with Crippen molar-refractivity contribution in [2.45, 2.75) is 13.8 Å². The molecule has 0 unspecified atom stereocenters. The number of pyridine rings is 1. The van der Waals surface area contributed by atoms with Gasteiger partial charge >= 0.3 is 0 Å². The average Bonchev–Trinajstić information content (AvgIpc) is 2.85. The Balaban J connectivity index is 1.46. The molecule has 2 aromatic heterocycles. The van der Waals surface area contributed by atoms with E-state index >= 15 is 0 Å². The van der Waals surface area contributed by atoms with E-state index in [4.69, 9.17) is 21.3 Å². The Morgan fingerprint density at radius 1 is 0.941 bits per heavy atom. The second-order valence-corrected chi connectivity index (χ2v) is 8.17. The van der Waals surface area contributed by atoms with Crippen LogP contribution in [0.4, 0.5) is 5.95 Å². The van der Waals surface area contributed by atoms with Crippen molar-refractivity contribution in [2.75, 3.05) is 12.0 Å². The molecule has 0 aliphatic rings. The molecule has 0 saturated heterocycles. The van der Waals surface area contributed by atoms with Crippen molar-refractivity contribution in [3.63, 3.8) is 0 Å². The van der Waals surface area contributed by atoms with Gasteiger partial charge in [-0.1, -0.05) is 53.6 Å². The van der Waals surface area contributed by atoms with E-state index in [1.54, 1.807) is 6.21 Å². The molecule has 0 atom stereocenters. The van der Waals surface area contributed by atoms with Gasteiger partial charge < -0.3 is 4.74 Å². The molecule has 0 radical (unpaired) electrons. The van der Waals surface area contributed by atoms with Crippen LogP contribution in [0.2, 0.25) is 5.15 Å². The number of hydrogen-bond donors (Lipinski definition) is 1. The maximum absolute atomic E-state index is 6.41. The van der Waals surface area contributed by atoms with Gasteiger partial charge in [0.05, 0.1) is 29.5 Å². The molecule has 0 amide bonds. The van der Waals surface area contributed by atoms with E-state index < -0.39 is 0 Å². The number of fused-ring (bicyclic) bond motifs is 2. The number of nitrogens with one attached hydrogen (secondary N) is 1. The predicted molar refractivity (Wildman–Crippen MR) is 139 cm³/mol. The number of hydrogen-bond acceptors (Lipinski definition) is 6. The average molecular weight is 468 g/mol. The fourth-order valence-corrected chi connectivity index (χ4v) is 3.95. The highest BCUT2D eigenvalue weighted by molar-refractivity contribution is 6.32. The van der Waals surface area contributed by atoms with Crippen LogP contribution in [0, 0.1) is 6.92 Å². The number of benzene rings is 3. The zero-order chi connectivity index (χ0) is 23.5. The van der Waals surface area contributed by atoms with Crippen LogP contribution in [0.1, 0.15) is 18.1 Å². The number of ether oxygens (including phenoxy) is 1. The number of nitrogens with zero attached hydrogens (tertiary/aromatic N) is 4. The summed E-state index contributed by atoms with van der Waals surface area (Å²) in [4.78, 5) is 13.9. The van der Waals surface area contributed by atoms with Gasteiger partial charge in [0, 0.05) is 28.0 Å². The largest absolute Gasteiger partial charge is 0.494 e. The first-order valence-electron chi connectivity index (χ1n) is 11.0. The molecular weight excluding hydrogens is 446 g/mol. The first-order chi connectivity index (χ1) is 16.6. The summed E-state index contributed by atoms with van der Waals surface area (Å²) in [6.45, 7) is 4.60. The summed E-state index contributed by atoms with van der Waals surface area (Å²) >= 11 is 6.41. The highest BCUT2D eigenvalue weighted by atomic mass is 35.5. The van der Waals surface area contributed by atoms with Crippen molar-refractivity contribution in [3.05, 3.63) is 89.1 Å². The molecule has 6 nitrogen and oxygen atoms in total. The third-order valence-electron chi connectivity index (χ3n) is 5.35. The fraction of sp³-hybridized carbons (Fsp3) is 0.111. The maximum atomic E-state index is 6.41. The van der Waals surface area contributed by atoms with Gasteiger partial charge in [-0.3, -0.25) is 0 Å². The fourth-order valence-electron chi connectivity index (χ4n) is 3.75. The minimum absolute atomic E-state index is 0.353. The van der Waals surface area contributed by atoms with Crippen molar-refractivity contribution < 1.29 is 4.74 Å². The third-order valence-corrected chi connectivity index (χ3v) is 5.65. The van der Waals surface area contributed by atoms with Crippen molar-refractivity contribution in [1.29, 1.82) is 0 Å². The van der Waals surface area contributed by atoms with Crippen LogP contribution in [0.15, 0.2) is 77.9 Å². The molecule has 168 valence electrons. The van der Waals surface area contributed by atoms with Gasteiger partial charge in [0.1, 0.15) is 10.9 Å². The van der Waals surface area contributed by atoms with E-state index in [-0.39, 0.29) is 0 Å². The SMILES string of the molecule is CCOc1ccc2cc(C=NNc3nc(-c4ccccc4)c4cc(C)ccc4n3)c(Cl)nc2c1. The first kappa shape index (κ1) is 21.8. The number of aromatic nitrogens is 3. The third kappa shape index (κ3) is 4.54. The summed E-state index contributed by atoms with van der Waals surface area (Å²) < 4.78 is 5.54. The van der Waals surface area contributed by atoms with Crippen LogP contribution in [0.3, 0.4) is 0 Å². The minimum Gasteiger partial charge on any atom is -0.494 e. The second kappa shape index (κ2) is 9.45. The van der Waals surface area contributed by atoms with Crippen molar-refractivity contribution >= 4 is 45.6 Å². The summed E-state index contributed by atoms with van der Waals surface area (Å²) in [6.07, 6.45) is 1.62. The Morgan fingerprint density at radius 2 is 1.79 bits per heavy atom. The highest BCUT2D eigenvalue weighted by Gasteiger charge is 2.10. The van der Waals surface area contributed by atoms with Gasteiger partial charge in [-0.05, 0) is 44.2 Å². The Labute approximate surface area is 202 Å². The number of hydrazone groups is 1. The van der Waals surface area contributed by atoms with Crippen molar-refractivity contribution in [2.24, 2.45) is 5.10 Å². The molecule has 5 rings (SSSR count). The van der Waals surface area contributed by atoms with Gasteiger partial charge in [0.2, 0.25) is 5.95 Å². The van der Waals surface area contributed by atoms with Crippen molar-refractivity contribution in [1.82, 2.24) is 15.0 Å². The molecule has 0 fully saturated rings. The summed E-state index contributed by atoms with van der Waals surface area (Å²) in [7, 11) is 0. The molecule has 1 N–H and O–H groups in total. The number of rotatable bonds is 6. The zero-order valence-electron chi connectivity index (χ0n) is 18.8. The molecule has 0 bridgehead atoms. The lowest BCUT2D eigenvalue weighted by atomic mass is 10.0. The van der Waals surface area contributed by atoms with E-state index in [1.165, 1.54) is 0 Å². The van der Waals surface area contributed by atoms with Crippen LogP contribution in [0.5, 0.6) is 5.75 Å². The van der Waals surface area contributed by atoms with Crippen LogP contribution in [0.25, 0.3) is 33.1 Å². The second-order valence-electron chi connectivity index (χ2n) is 7.81. The molecule has 0 aliphatic heterocycles. The minimum atomic E-state index is 0.353. The topological polar surface area (TPSA) is 72.3 Å². The van der Waals surface area contributed by atoms with Crippen molar-refractivity contribution in [3.8, 4) is 17.0 Å². The van der Waals surface area contributed by atoms with Crippen LogP contribution in [-0.2, 0) is 0 Å². The Kier molecular flexibility index (Phi) is 6.06. The molecule has 34 heavy (non-hydrogen) atoms. The maximum Gasteiger partial charge on any atom is 0.244 e. The summed E-state index contributed by atoms with van der Waals surface area (Å²) in [5.41, 5.74) is 8.26. The number of aryl methyl sites for hydroxylation is 1. The normalized spacial score (nSPS) is 11.4. The van der Waals surface area contributed by atoms with E-state index in [0.717, 1.165) is 44.4 Å². The number of anilines is 1. The van der Waals surface area contributed by atoms with E-state index in [9.17, 15) is 0 Å². The molecule has 2 heterocycles. The lowest BCUT2D eigenvalue weighted by molar-refractivity contribution is 0.340. The van der Waals surface area contributed by atoms with E-state index in [0.29, 0.717) is 23.3 Å². The monoisotopic (exact) mass is 467 g/mol. The zero-order valence-corrected chi connectivity index (χ0v) is 19.5. The van der Waals surface area contributed by atoms with E-state index in [2.05, 4.69) is 33.5 Å². The van der Waals surface area contributed by atoms with Gasteiger partial charge in [-0.25, -0.2) is 20.4 Å². The summed E-state index contributed by atoms with van der Waals surface area (Å²) in [5.74, 6) is 1.16. The lowest BCUT2D eigenvalue weighted by Crippen LogP contribution is -2.00.